The Kier molecular flexibility index (Phi) is 5.11. The van der Waals surface area contributed by atoms with Crippen molar-refractivity contribution in [1.82, 2.24) is 24.5 Å². The van der Waals surface area contributed by atoms with Crippen molar-refractivity contribution >= 4 is 0 Å². The minimum atomic E-state index is -1.44. The topological polar surface area (TPSA) is 155 Å². The zero-order chi connectivity index (χ0) is 20.5. The van der Waals surface area contributed by atoms with Crippen LogP contribution in [0.1, 0.15) is 11.8 Å². The van der Waals surface area contributed by atoms with Gasteiger partial charge in [-0.2, -0.15) is 0 Å². The Bertz CT molecular complexity index is 1110. The molecule has 29 heavy (non-hydrogen) atoms. The molecule has 3 aromatic rings. The summed E-state index contributed by atoms with van der Waals surface area (Å²) in [5.41, 5.74) is 0.238. The van der Waals surface area contributed by atoms with E-state index in [0.29, 0.717) is 5.69 Å². The van der Waals surface area contributed by atoms with E-state index in [-0.39, 0.29) is 12.1 Å². The van der Waals surface area contributed by atoms with Crippen LogP contribution in [0.2, 0.25) is 0 Å². The Labute approximate surface area is 163 Å². The van der Waals surface area contributed by atoms with Gasteiger partial charge in [0.15, 0.2) is 6.23 Å². The Morgan fingerprint density at radius 2 is 1.86 bits per heavy atom. The fourth-order valence-electron chi connectivity index (χ4n) is 3.23. The van der Waals surface area contributed by atoms with E-state index in [0.717, 1.165) is 10.1 Å². The van der Waals surface area contributed by atoms with Crippen LogP contribution in [0.5, 0.6) is 0 Å². The van der Waals surface area contributed by atoms with Crippen molar-refractivity contribution in [2.45, 2.75) is 31.1 Å². The summed E-state index contributed by atoms with van der Waals surface area (Å²) in [6.07, 6.45) is -2.19. The molecule has 2 aromatic heterocycles. The van der Waals surface area contributed by atoms with E-state index in [1.807, 2.05) is 30.3 Å². The predicted octanol–water partition coefficient (Wildman–Crippen LogP) is -1.55. The minimum absolute atomic E-state index is 0.0181. The van der Waals surface area contributed by atoms with Crippen LogP contribution in [-0.4, -0.2) is 64.8 Å². The van der Waals surface area contributed by atoms with E-state index in [2.05, 4.69) is 15.3 Å². The van der Waals surface area contributed by atoms with Crippen LogP contribution in [0, 0.1) is 0 Å². The Morgan fingerprint density at radius 1 is 1.10 bits per heavy atom. The van der Waals surface area contributed by atoms with Gasteiger partial charge in [0.2, 0.25) is 0 Å². The molecule has 0 saturated carbocycles. The average Bonchev–Trinajstić information content (AvgIpc) is 3.30. The number of benzene rings is 1. The molecule has 1 aliphatic rings. The summed E-state index contributed by atoms with van der Waals surface area (Å²) in [5, 5.41) is 37.4. The number of nitrogens with one attached hydrogen (secondary N) is 1. The number of H-pyrrole nitrogens is 1. The van der Waals surface area contributed by atoms with Gasteiger partial charge in [-0.25, -0.2) is 9.48 Å². The highest BCUT2D eigenvalue weighted by atomic mass is 16.6. The van der Waals surface area contributed by atoms with E-state index in [9.17, 15) is 24.9 Å². The maximum Gasteiger partial charge on any atom is 0.330 e. The summed E-state index contributed by atoms with van der Waals surface area (Å²) in [7, 11) is 0. The quantitative estimate of drug-likeness (QED) is 0.401. The summed E-state index contributed by atoms with van der Waals surface area (Å²) in [6.45, 7) is -0.509. The first-order valence-corrected chi connectivity index (χ1v) is 8.90. The lowest BCUT2D eigenvalue weighted by molar-refractivity contribution is -0.0551. The van der Waals surface area contributed by atoms with E-state index < -0.39 is 42.4 Å². The second kappa shape index (κ2) is 7.72. The smallest absolute Gasteiger partial charge is 0.330 e. The molecule has 4 N–H and O–H groups in total. The third-order valence-electron chi connectivity index (χ3n) is 4.77. The van der Waals surface area contributed by atoms with Crippen molar-refractivity contribution in [2.75, 3.05) is 6.61 Å². The van der Waals surface area contributed by atoms with Crippen LogP contribution in [0.25, 0.3) is 11.3 Å². The van der Waals surface area contributed by atoms with E-state index in [1.54, 1.807) is 6.20 Å². The van der Waals surface area contributed by atoms with Gasteiger partial charge in [0, 0.05) is 11.8 Å². The lowest BCUT2D eigenvalue weighted by atomic mass is 10.1. The van der Waals surface area contributed by atoms with Gasteiger partial charge in [0.05, 0.1) is 24.9 Å². The zero-order valence-corrected chi connectivity index (χ0v) is 15.1. The summed E-state index contributed by atoms with van der Waals surface area (Å²) < 4.78 is 7.79. The number of ether oxygens (including phenoxy) is 1. The van der Waals surface area contributed by atoms with Crippen LogP contribution in [0.3, 0.4) is 0 Å². The number of hydrogen-bond acceptors (Lipinski definition) is 8. The molecule has 0 amide bonds. The standard InChI is InChI=1S/C18H19N5O6/c24-9-13-14(25)15(26)17(29-13)23-7-11(16(27)19-18(23)28)6-22-8-12(20-21-22)10-4-2-1-3-5-10/h1-5,7-8,13-15,17,24-26H,6,9H2,(H,19,27,28). The fraction of sp³-hybridized carbons (Fsp3) is 0.333. The van der Waals surface area contributed by atoms with Crippen LogP contribution in [0.4, 0.5) is 0 Å². The number of aliphatic hydroxyl groups excluding tert-OH is 3. The lowest BCUT2D eigenvalue weighted by Crippen LogP contribution is -2.39. The summed E-state index contributed by atoms with van der Waals surface area (Å²) >= 11 is 0. The zero-order valence-electron chi connectivity index (χ0n) is 15.1. The molecular weight excluding hydrogens is 382 g/mol. The summed E-state index contributed by atoms with van der Waals surface area (Å²) in [5.74, 6) is 0. The van der Waals surface area contributed by atoms with Crippen LogP contribution in [0.15, 0.2) is 52.3 Å². The van der Waals surface area contributed by atoms with Gasteiger partial charge in [0.25, 0.3) is 5.56 Å². The van der Waals surface area contributed by atoms with E-state index in [4.69, 9.17) is 4.74 Å². The molecular formula is C18H19N5O6. The summed E-state index contributed by atoms with van der Waals surface area (Å²) in [6, 6.07) is 9.38. The number of hydrogen-bond donors (Lipinski definition) is 4. The van der Waals surface area contributed by atoms with Crippen molar-refractivity contribution in [3.8, 4) is 11.3 Å². The molecule has 4 rings (SSSR count). The highest BCUT2D eigenvalue weighted by Crippen LogP contribution is 2.28. The van der Waals surface area contributed by atoms with Gasteiger partial charge in [-0.15, -0.1) is 5.10 Å². The van der Waals surface area contributed by atoms with Crippen molar-refractivity contribution < 1.29 is 20.1 Å². The second-order valence-electron chi connectivity index (χ2n) is 6.72. The second-order valence-corrected chi connectivity index (χ2v) is 6.72. The van der Waals surface area contributed by atoms with E-state index in [1.165, 1.54) is 10.9 Å². The molecule has 4 atom stereocenters. The van der Waals surface area contributed by atoms with Gasteiger partial charge < -0.3 is 20.1 Å². The van der Waals surface area contributed by atoms with Crippen molar-refractivity contribution in [3.63, 3.8) is 0 Å². The molecule has 4 unspecified atom stereocenters. The molecule has 11 nitrogen and oxygen atoms in total. The fourth-order valence-corrected chi connectivity index (χ4v) is 3.23. The molecule has 1 aromatic carbocycles. The number of nitrogens with zero attached hydrogens (tertiary/aromatic N) is 4. The summed E-state index contributed by atoms with van der Waals surface area (Å²) in [4.78, 5) is 26.6. The van der Waals surface area contributed by atoms with Gasteiger partial charge in [-0.05, 0) is 0 Å². The minimum Gasteiger partial charge on any atom is -0.394 e. The largest absolute Gasteiger partial charge is 0.394 e. The normalized spacial score (nSPS) is 24.1. The molecule has 11 heteroatoms. The number of rotatable bonds is 5. The van der Waals surface area contributed by atoms with Crippen molar-refractivity contribution in [3.05, 3.63) is 69.1 Å². The Balaban J connectivity index is 1.63. The van der Waals surface area contributed by atoms with Crippen LogP contribution >= 0.6 is 0 Å². The van der Waals surface area contributed by atoms with Gasteiger partial charge in [-0.1, -0.05) is 35.5 Å². The Hall–Kier alpha value is -3.12. The highest BCUT2D eigenvalue weighted by molar-refractivity contribution is 5.57. The maximum atomic E-state index is 12.2. The predicted molar refractivity (Wildman–Crippen MR) is 98.9 cm³/mol. The molecule has 1 saturated heterocycles. The molecule has 152 valence electrons. The molecule has 0 spiro atoms. The van der Waals surface area contributed by atoms with Gasteiger partial charge in [-0.3, -0.25) is 14.3 Å². The van der Waals surface area contributed by atoms with Crippen LogP contribution < -0.4 is 11.2 Å². The molecule has 1 aliphatic heterocycles. The number of aliphatic hydroxyl groups is 3. The number of aromatic nitrogens is 5. The average molecular weight is 401 g/mol. The maximum absolute atomic E-state index is 12.2. The molecule has 0 aliphatic carbocycles. The highest BCUT2D eigenvalue weighted by Gasteiger charge is 2.43. The first-order chi connectivity index (χ1) is 14.0. The monoisotopic (exact) mass is 401 g/mol. The molecule has 3 heterocycles. The molecule has 0 radical (unpaired) electrons. The van der Waals surface area contributed by atoms with Gasteiger partial charge >= 0.3 is 5.69 Å². The molecule has 0 bridgehead atoms. The lowest BCUT2D eigenvalue weighted by Gasteiger charge is -2.17. The van der Waals surface area contributed by atoms with E-state index >= 15 is 0 Å². The third kappa shape index (κ3) is 3.63. The van der Waals surface area contributed by atoms with Crippen molar-refractivity contribution in [1.29, 1.82) is 0 Å². The Morgan fingerprint density at radius 3 is 2.55 bits per heavy atom. The van der Waals surface area contributed by atoms with Crippen molar-refractivity contribution in [2.24, 2.45) is 0 Å². The van der Waals surface area contributed by atoms with Gasteiger partial charge in [0.1, 0.15) is 24.0 Å². The first kappa shape index (κ1) is 19.2. The molecule has 1 fully saturated rings. The first-order valence-electron chi connectivity index (χ1n) is 8.90. The van der Waals surface area contributed by atoms with Crippen LogP contribution in [-0.2, 0) is 11.3 Å². The third-order valence-corrected chi connectivity index (χ3v) is 4.77. The SMILES string of the molecule is O=c1[nH]c(=O)n(C2OC(CO)C(O)C2O)cc1Cn1cc(-c2ccccc2)nn1. The number of aromatic amines is 1.